The summed E-state index contributed by atoms with van der Waals surface area (Å²) in [6.45, 7) is 3.15. The van der Waals surface area contributed by atoms with Gasteiger partial charge in [0.1, 0.15) is 13.2 Å². The minimum atomic E-state index is -4.22. The molecule has 0 fully saturated rings. The quantitative estimate of drug-likeness (QED) is 0.0209. The second-order valence-corrected chi connectivity index (χ2v) is 19.7. The smallest absolute Gasteiger partial charge is 0.293 e. The molecule has 4 rings (SSSR count). The first-order chi connectivity index (χ1) is 32.2. The maximum absolute atomic E-state index is 14.4. The molecule has 68 heavy (non-hydrogen) atoms. The number of carbonyl (C=O) groups is 3. The van der Waals surface area contributed by atoms with E-state index < -0.39 is 72.6 Å². The molecule has 0 spiro atoms. The van der Waals surface area contributed by atoms with Crippen LogP contribution in [-0.4, -0.2) is 114 Å². The summed E-state index contributed by atoms with van der Waals surface area (Å²) in [5.74, 6) is -2.93. The van der Waals surface area contributed by atoms with Crippen LogP contribution in [0.15, 0.2) is 82.4 Å². The normalized spacial score (nSPS) is 13.2. The number of Topliss-reactive ketones (excluding diaryl/α,β-unsaturated/α-hetero) is 2. The van der Waals surface area contributed by atoms with Gasteiger partial charge in [-0.2, -0.15) is 16.8 Å². The number of ether oxygens (including phenoxy) is 3. The van der Waals surface area contributed by atoms with Gasteiger partial charge in [0.15, 0.2) is 23.1 Å². The van der Waals surface area contributed by atoms with Gasteiger partial charge in [-0.25, -0.2) is 0 Å². The molecule has 2 aromatic heterocycles. The molecule has 3 unspecified atom stereocenters. The molecule has 0 saturated carbocycles. The summed E-state index contributed by atoms with van der Waals surface area (Å²) in [4.78, 5) is 69.3. The molecule has 2 heterocycles. The zero-order valence-corrected chi connectivity index (χ0v) is 39.9. The standard InChI is InChI=1S/C46H62N6O14S2/c1-32-24-37(43(65-29-34-14-5-3-6-15-34)45(56)51(32)19-9-11-22-67(58,59)60)41(54)39(48)27-50(26-36(47)18-13-21-64-31-53)28-40(49)42(55)38-25-33(2)52(20-10-12-23-68(61,62)63)46(57)44(38)66-30-35-16-7-4-8-17-35/h3-8,14-17,24-25,31,36,39-40H,9-13,18-23,26-30,47-49H2,1-2H3,(H,58,59,60)(H,61,62,63). The van der Waals surface area contributed by atoms with Gasteiger partial charge in [-0.15, -0.1) is 0 Å². The van der Waals surface area contributed by atoms with Crippen LogP contribution in [0, 0.1) is 13.8 Å². The number of aromatic nitrogens is 2. The van der Waals surface area contributed by atoms with Crippen molar-refractivity contribution in [2.45, 2.75) is 96.8 Å². The van der Waals surface area contributed by atoms with Crippen LogP contribution in [0.4, 0.5) is 0 Å². The Morgan fingerprint density at radius 1 is 0.662 bits per heavy atom. The third-order valence-corrected chi connectivity index (χ3v) is 12.6. The second-order valence-electron chi connectivity index (χ2n) is 16.5. The van der Waals surface area contributed by atoms with Gasteiger partial charge in [0.25, 0.3) is 37.8 Å². The Hall–Kier alpha value is -5.59. The molecule has 372 valence electrons. The predicted molar refractivity (Wildman–Crippen MR) is 254 cm³/mol. The van der Waals surface area contributed by atoms with E-state index in [0.29, 0.717) is 41.8 Å². The molecule has 8 N–H and O–H groups in total. The summed E-state index contributed by atoms with van der Waals surface area (Å²) in [5, 5.41) is 0. The maximum atomic E-state index is 14.4. The molecular formula is C46H62N6O14S2. The highest BCUT2D eigenvalue weighted by Gasteiger charge is 2.30. The molecule has 0 aliphatic carbocycles. The third-order valence-electron chi connectivity index (χ3n) is 11.0. The van der Waals surface area contributed by atoms with Crippen LogP contribution < -0.4 is 37.8 Å². The number of nitrogens with zero attached hydrogens (tertiary/aromatic N) is 3. The molecule has 0 saturated heterocycles. The van der Waals surface area contributed by atoms with Gasteiger partial charge in [0.2, 0.25) is 0 Å². The van der Waals surface area contributed by atoms with Crippen molar-refractivity contribution in [2.24, 2.45) is 17.2 Å². The second kappa shape index (κ2) is 26.2. The Kier molecular flexibility index (Phi) is 21.2. The molecule has 0 aliphatic rings. The molecule has 2 aromatic carbocycles. The summed E-state index contributed by atoms with van der Waals surface area (Å²) in [5.41, 5.74) is 20.4. The van der Waals surface area contributed by atoms with Crippen LogP contribution in [0.5, 0.6) is 11.5 Å². The van der Waals surface area contributed by atoms with Crippen molar-refractivity contribution in [3.05, 3.63) is 127 Å². The average Bonchev–Trinajstić information content (AvgIpc) is 3.28. The number of aryl methyl sites for hydroxylation is 2. The summed E-state index contributed by atoms with van der Waals surface area (Å²) >= 11 is 0. The van der Waals surface area contributed by atoms with Crippen molar-refractivity contribution >= 4 is 38.3 Å². The minimum absolute atomic E-state index is 0.0478. The highest BCUT2D eigenvalue weighted by atomic mass is 32.2. The Morgan fingerprint density at radius 3 is 1.46 bits per heavy atom. The lowest BCUT2D eigenvalue weighted by Gasteiger charge is -2.30. The van der Waals surface area contributed by atoms with E-state index in [1.165, 1.54) is 21.3 Å². The zero-order valence-electron chi connectivity index (χ0n) is 38.2. The van der Waals surface area contributed by atoms with Crippen LogP contribution in [0.1, 0.15) is 81.8 Å². The van der Waals surface area contributed by atoms with E-state index in [4.69, 9.17) is 31.4 Å². The van der Waals surface area contributed by atoms with E-state index in [1.807, 2.05) is 0 Å². The van der Waals surface area contributed by atoms with E-state index in [0.717, 1.165) is 0 Å². The van der Waals surface area contributed by atoms with Gasteiger partial charge in [0.05, 0.1) is 41.3 Å². The van der Waals surface area contributed by atoms with Crippen LogP contribution in [-0.2, 0) is 56.1 Å². The molecule has 4 aromatic rings. The van der Waals surface area contributed by atoms with Crippen molar-refractivity contribution in [1.82, 2.24) is 14.0 Å². The molecular weight excluding hydrogens is 925 g/mol. The molecule has 0 aliphatic heterocycles. The highest BCUT2D eigenvalue weighted by molar-refractivity contribution is 7.86. The van der Waals surface area contributed by atoms with E-state index in [1.54, 1.807) is 79.4 Å². The molecule has 0 radical (unpaired) electrons. The first-order valence-electron chi connectivity index (χ1n) is 22.0. The monoisotopic (exact) mass is 986 g/mol. The van der Waals surface area contributed by atoms with Gasteiger partial charge in [-0.05, 0) is 75.6 Å². The van der Waals surface area contributed by atoms with E-state index >= 15 is 0 Å². The Bertz CT molecular complexity index is 2490. The van der Waals surface area contributed by atoms with Crippen molar-refractivity contribution in [3.63, 3.8) is 0 Å². The van der Waals surface area contributed by atoms with Crippen molar-refractivity contribution in [2.75, 3.05) is 37.7 Å². The first kappa shape index (κ1) is 55.0. The lowest BCUT2D eigenvalue weighted by atomic mass is 10.0. The lowest BCUT2D eigenvalue weighted by Crippen LogP contribution is -2.52. The van der Waals surface area contributed by atoms with Crippen molar-refractivity contribution < 1.29 is 54.5 Å². The summed E-state index contributed by atoms with van der Waals surface area (Å²) < 4.78 is 83.2. The molecule has 22 heteroatoms. The minimum Gasteiger partial charge on any atom is -0.482 e. The van der Waals surface area contributed by atoms with Gasteiger partial charge in [-0.1, -0.05) is 60.7 Å². The number of carbonyl (C=O) groups excluding carboxylic acids is 3. The number of pyridine rings is 2. The lowest BCUT2D eigenvalue weighted by molar-refractivity contribution is -0.128. The SMILES string of the molecule is Cc1cc(C(=O)C(N)CN(CC(N)CCCOC=O)CC(N)C(=O)c2cc(C)n(CCCCS(=O)(=O)O)c(=O)c2OCc2ccccc2)c(OCc2ccccc2)c(=O)n1CCCCS(=O)(=O)O. The third kappa shape index (κ3) is 17.5. The van der Waals surface area contributed by atoms with Crippen LogP contribution in [0.3, 0.4) is 0 Å². The number of benzene rings is 2. The summed E-state index contributed by atoms with van der Waals surface area (Å²) in [6, 6.07) is 17.4. The van der Waals surface area contributed by atoms with Crippen molar-refractivity contribution in [3.8, 4) is 11.5 Å². The van der Waals surface area contributed by atoms with Gasteiger partial charge < -0.3 is 40.5 Å². The van der Waals surface area contributed by atoms with E-state index in [-0.39, 0.29) is 101 Å². The van der Waals surface area contributed by atoms with Gasteiger partial charge in [0, 0.05) is 50.2 Å². The highest BCUT2D eigenvalue weighted by Crippen LogP contribution is 2.22. The predicted octanol–water partition coefficient (Wildman–Crippen LogP) is 2.42. The van der Waals surface area contributed by atoms with Crippen LogP contribution in [0.2, 0.25) is 0 Å². The Labute approximate surface area is 395 Å². The van der Waals surface area contributed by atoms with Crippen LogP contribution >= 0.6 is 0 Å². The molecule has 0 amide bonds. The Morgan fingerprint density at radius 2 is 1.07 bits per heavy atom. The number of rotatable bonds is 31. The van der Waals surface area contributed by atoms with Crippen molar-refractivity contribution in [1.29, 1.82) is 0 Å². The molecule has 0 bridgehead atoms. The van der Waals surface area contributed by atoms with Gasteiger partial charge in [-0.3, -0.25) is 38.0 Å². The number of ketones is 2. The fraction of sp³-hybridized carbons (Fsp3) is 0.457. The Balaban J connectivity index is 1.67. The zero-order chi connectivity index (χ0) is 50.0. The van der Waals surface area contributed by atoms with Gasteiger partial charge >= 0.3 is 0 Å². The topological polar surface area (TPSA) is 313 Å². The maximum Gasteiger partial charge on any atom is 0.293 e. The van der Waals surface area contributed by atoms with Crippen LogP contribution in [0.25, 0.3) is 0 Å². The first-order valence-corrected chi connectivity index (χ1v) is 25.3. The average molecular weight is 987 g/mol. The number of unbranched alkanes of at least 4 members (excludes halogenated alkanes) is 2. The number of nitrogens with two attached hydrogens (primary N) is 3. The van der Waals surface area contributed by atoms with E-state index in [9.17, 15) is 49.9 Å². The number of hydrogen-bond donors (Lipinski definition) is 5. The summed E-state index contributed by atoms with van der Waals surface area (Å²) in [6.07, 6.45) is 1.30. The fourth-order valence-electron chi connectivity index (χ4n) is 7.51. The number of hydrogen-bond acceptors (Lipinski definition) is 16. The van der Waals surface area contributed by atoms with E-state index in [2.05, 4.69) is 0 Å². The molecule has 20 nitrogen and oxygen atoms in total. The fourth-order valence-corrected chi connectivity index (χ4v) is 8.65. The largest absolute Gasteiger partial charge is 0.482 e. The molecule has 3 atom stereocenters. The summed E-state index contributed by atoms with van der Waals surface area (Å²) in [7, 11) is -8.44.